The molecule has 0 saturated carbocycles. The van der Waals surface area contributed by atoms with Crippen LogP contribution in [0.25, 0.3) is 11.0 Å². The minimum absolute atomic E-state index is 0.143. The summed E-state index contributed by atoms with van der Waals surface area (Å²) in [5.74, 6) is -0.271. The number of rotatable bonds is 4. The Kier molecular flexibility index (Phi) is 4.02. The summed E-state index contributed by atoms with van der Waals surface area (Å²) in [6.45, 7) is 2.35. The van der Waals surface area contributed by atoms with Crippen LogP contribution in [-0.2, 0) is 18.4 Å². The van der Waals surface area contributed by atoms with Crippen molar-refractivity contribution in [3.8, 4) is 0 Å². The van der Waals surface area contributed by atoms with E-state index in [9.17, 15) is 14.4 Å². The van der Waals surface area contributed by atoms with Crippen LogP contribution in [0.4, 0.5) is 0 Å². The first-order valence-corrected chi connectivity index (χ1v) is 6.51. The Morgan fingerprint density at radius 1 is 1.15 bits per heavy atom. The van der Waals surface area contributed by atoms with Gasteiger partial charge in [0.2, 0.25) is 5.91 Å². The summed E-state index contributed by atoms with van der Waals surface area (Å²) in [4.78, 5) is 35.7. The second kappa shape index (κ2) is 5.73. The predicted octanol–water partition coefficient (Wildman–Crippen LogP) is 0.226. The van der Waals surface area contributed by atoms with Crippen molar-refractivity contribution in [1.29, 1.82) is 0 Å². The average Bonchev–Trinajstić information content (AvgIpc) is 2.47. The Hall–Kier alpha value is -2.37. The maximum Gasteiger partial charge on any atom is 0.317 e. The number of aryl methyl sites for hydroxylation is 1. The molecule has 0 fully saturated rings. The topological polar surface area (TPSA) is 73.1 Å². The van der Waals surface area contributed by atoms with E-state index in [1.165, 1.54) is 9.13 Å². The number of aromatic nitrogens is 2. The highest BCUT2D eigenvalue weighted by Gasteiger charge is 2.12. The molecule has 1 aromatic carbocycles. The number of hydrogen-bond donors (Lipinski definition) is 1. The summed E-state index contributed by atoms with van der Waals surface area (Å²) in [6, 6.07) is 7.03. The number of amides is 1. The van der Waals surface area contributed by atoms with Crippen molar-refractivity contribution >= 4 is 16.9 Å². The van der Waals surface area contributed by atoms with E-state index in [0.29, 0.717) is 17.6 Å². The summed E-state index contributed by atoms with van der Waals surface area (Å²) >= 11 is 0. The minimum Gasteiger partial charge on any atom is -0.355 e. The van der Waals surface area contributed by atoms with E-state index in [0.717, 1.165) is 6.42 Å². The molecule has 0 unspecified atom stereocenters. The fraction of sp³-hybridized carbons (Fsp3) is 0.357. The van der Waals surface area contributed by atoms with Crippen LogP contribution < -0.4 is 16.4 Å². The van der Waals surface area contributed by atoms with E-state index < -0.39 is 11.1 Å². The molecule has 20 heavy (non-hydrogen) atoms. The Bertz CT molecular complexity index is 758. The number of nitrogens with one attached hydrogen (secondary N) is 1. The van der Waals surface area contributed by atoms with E-state index >= 15 is 0 Å². The molecule has 0 saturated heterocycles. The van der Waals surface area contributed by atoms with Crippen LogP contribution in [0.5, 0.6) is 0 Å². The van der Waals surface area contributed by atoms with Crippen LogP contribution in [0.15, 0.2) is 33.9 Å². The number of carbonyl (C=O) groups excluding carboxylic acids is 1. The molecular formula is C14H17N3O3. The highest BCUT2D eigenvalue weighted by atomic mass is 16.2. The Morgan fingerprint density at radius 2 is 1.80 bits per heavy atom. The lowest BCUT2D eigenvalue weighted by molar-refractivity contribution is -0.121. The fourth-order valence-electron chi connectivity index (χ4n) is 2.07. The van der Waals surface area contributed by atoms with Crippen LogP contribution in [0.1, 0.15) is 13.3 Å². The minimum atomic E-state index is -0.683. The second-order valence-corrected chi connectivity index (χ2v) is 4.59. The molecule has 0 spiro atoms. The van der Waals surface area contributed by atoms with Crippen LogP contribution in [0.3, 0.4) is 0 Å². The van der Waals surface area contributed by atoms with Crippen LogP contribution in [0, 0.1) is 0 Å². The van der Waals surface area contributed by atoms with Crippen LogP contribution in [0.2, 0.25) is 0 Å². The maximum atomic E-state index is 12.1. The largest absolute Gasteiger partial charge is 0.355 e. The van der Waals surface area contributed by atoms with E-state index in [4.69, 9.17) is 0 Å². The summed E-state index contributed by atoms with van der Waals surface area (Å²) in [7, 11) is 1.55. The molecule has 0 aliphatic carbocycles. The molecule has 0 aliphatic rings. The van der Waals surface area contributed by atoms with Gasteiger partial charge in [-0.1, -0.05) is 19.1 Å². The summed E-state index contributed by atoms with van der Waals surface area (Å²) in [6.07, 6.45) is 0.817. The monoisotopic (exact) mass is 275 g/mol. The SMILES string of the molecule is CCCNC(=O)Cn1c(=O)c(=O)n(C)c2ccccc21. The van der Waals surface area contributed by atoms with Crippen molar-refractivity contribution in [2.45, 2.75) is 19.9 Å². The maximum absolute atomic E-state index is 12.1. The molecule has 1 heterocycles. The third-order valence-electron chi connectivity index (χ3n) is 3.14. The molecule has 0 bridgehead atoms. The third kappa shape index (κ3) is 2.49. The molecule has 0 atom stereocenters. The summed E-state index contributed by atoms with van der Waals surface area (Å²) in [5, 5.41) is 2.70. The van der Waals surface area contributed by atoms with Gasteiger partial charge in [0.05, 0.1) is 11.0 Å². The fourth-order valence-corrected chi connectivity index (χ4v) is 2.07. The lowest BCUT2D eigenvalue weighted by Crippen LogP contribution is -2.43. The normalized spacial score (nSPS) is 10.7. The zero-order valence-corrected chi connectivity index (χ0v) is 11.5. The van der Waals surface area contributed by atoms with Gasteiger partial charge in [-0.05, 0) is 18.6 Å². The zero-order valence-electron chi connectivity index (χ0n) is 11.5. The van der Waals surface area contributed by atoms with E-state index in [1.807, 2.05) is 6.92 Å². The van der Waals surface area contributed by atoms with Gasteiger partial charge in [0.15, 0.2) is 0 Å². The van der Waals surface area contributed by atoms with Crippen molar-refractivity contribution in [2.24, 2.45) is 7.05 Å². The standard InChI is InChI=1S/C14H17N3O3/c1-3-8-15-12(18)9-17-11-7-5-4-6-10(11)16(2)13(19)14(17)20/h4-7H,3,8-9H2,1-2H3,(H,15,18). The van der Waals surface area contributed by atoms with Crippen molar-refractivity contribution in [3.63, 3.8) is 0 Å². The zero-order chi connectivity index (χ0) is 14.7. The Balaban J connectivity index is 2.55. The molecule has 1 aromatic heterocycles. The molecule has 0 radical (unpaired) electrons. The Morgan fingerprint density at radius 3 is 2.45 bits per heavy atom. The van der Waals surface area contributed by atoms with Gasteiger partial charge in [-0.15, -0.1) is 0 Å². The number of benzene rings is 1. The number of carbonyl (C=O) groups is 1. The van der Waals surface area contributed by atoms with Gasteiger partial charge >= 0.3 is 11.1 Å². The van der Waals surface area contributed by atoms with Crippen LogP contribution in [-0.4, -0.2) is 21.6 Å². The van der Waals surface area contributed by atoms with E-state index in [-0.39, 0.29) is 12.5 Å². The highest BCUT2D eigenvalue weighted by Crippen LogP contribution is 2.08. The number of para-hydroxylation sites is 2. The molecule has 106 valence electrons. The van der Waals surface area contributed by atoms with E-state index in [1.54, 1.807) is 31.3 Å². The smallest absolute Gasteiger partial charge is 0.317 e. The third-order valence-corrected chi connectivity index (χ3v) is 3.14. The number of nitrogens with zero attached hydrogens (tertiary/aromatic N) is 2. The van der Waals surface area contributed by atoms with Crippen molar-refractivity contribution in [3.05, 3.63) is 45.0 Å². The summed E-state index contributed by atoms with van der Waals surface area (Å²) in [5.41, 5.74) is -0.114. The summed E-state index contributed by atoms with van der Waals surface area (Å²) < 4.78 is 2.53. The average molecular weight is 275 g/mol. The molecular weight excluding hydrogens is 258 g/mol. The van der Waals surface area contributed by atoms with Gasteiger partial charge in [0.1, 0.15) is 6.54 Å². The molecule has 6 heteroatoms. The molecule has 2 aromatic rings. The number of fused-ring (bicyclic) bond motifs is 1. The molecule has 1 N–H and O–H groups in total. The van der Waals surface area contributed by atoms with Crippen molar-refractivity contribution in [2.75, 3.05) is 6.54 Å². The van der Waals surface area contributed by atoms with Gasteiger partial charge < -0.3 is 9.88 Å². The Labute approximate surface area is 115 Å². The van der Waals surface area contributed by atoms with Gasteiger partial charge in [-0.25, -0.2) is 0 Å². The predicted molar refractivity (Wildman–Crippen MR) is 76.7 cm³/mol. The van der Waals surface area contributed by atoms with Crippen molar-refractivity contribution in [1.82, 2.24) is 14.5 Å². The quantitative estimate of drug-likeness (QED) is 0.812. The first-order valence-electron chi connectivity index (χ1n) is 6.51. The number of hydrogen-bond acceptors (Lipinski definition) is 3. The molecule has 6 nitrogen and oxygen atoms in total. The van der Waals surface area contributed by atoms with Gasteiger partial charge in [0, 0.05) is 13.6 Å². The first-order chi connectivity index (χ1) is 9.56. The lowest BCUT2D eigenvalue weighted by atomic mass is 10.3. The van der Waals surface area contributed by atoms with Gasteiger partial charge in [-0.3, -0.25) is 19.0 Å². The molecule has 1 amide bonds. The van der Waals surface area contributed by atoms with Crippen LogP contribution >= 0.6 is 0 Å². The molecule has 2 rings (SSSR count). The lowest BCUT2D eigenvalue weighted by Gasteiger charge is -2.12. The first kappa shape index (κ1) is 14.0. The van der Waals surface area contributed by atoms with E-state index in [2.05, 4.69) is 5.32 Å². The highest BCUT2D eigenvalue weighted by molar-refractivity contribution is 5.80. The van der Waals surface area contributed by atoms with Crippen molar-refractivity contribution < 1.29 is 4.79 Å². The van der Waals surface area contributed by atoms with Gasteiger partial charge in [-0.2, -0.15) is 0 Å². The van der Waals surface area contributed by atoms with Gasteiger partial charge in [0.25, 0.3) is 0 Å². The second-order valence-electron chi connectivity index (χ2n) is 4.59. The molecule has 0 aliphatic heterocycles.